The van der Waals surface area contributed by atoms with E-state index < -0.39 is 37.5 Å². The molecular formula is C34H60Cl2O2Si2Zr-4. The number of hydrogen-bond donors (Lipinski definition) is 0. The van der Waals surface area contributed by atoms with Gasteiger partial charge >= 0.3 is 37.9 Å². The second-order valence-electron chi connectivity index (χ2n) is 14.7. The summed E-state index contributed by atoms with van der Waals surface area (Å²) < 4.78 is 13.2. The van der Waals surface area contributed by atoms with Crippen LogP contribution >= 0.6 is 17.0 Å². The summed E-state index contributed by atoms with van der Waals surface area (Å²) >= 11 is -0.826. The first-order valence-corrected chi connectivity index (χ1v) is 26.7. The van der Waals surface area contributed by atoms with E-state index in [4.69, 9.17) is 25.9 Å². The van der Waals surface area contributed by atoms with E-state index in [1.807, 2.05) is 0 Å². The normalized spacial score (nSPS) is 31.9. The molecule has 0 N–H and O–H groups in total. The van der Waals surface area contributed by atoms with Crippen molar-refractivity contribution in [2.24, 2.45) is 35.5 Å². The van der Waals surface area contributed by atoms with E-state index in [0.29, 0.717) is 47.7 Å². The van der Waals surface area contributed by atoms with Crippen molar-refractivity contribution in [3.63, 3.8) is 0 Å². The van der Waals surface area contributed by atoms with E-state index in [-0.39, 0.29) is 24.9 Å². The van der Waals surface area contributed by atoms with E-state index in [0.717, 1.165) is 12.8 Å². The Morgan fingerprint density at radius 2 is 0.854 bits per heavy atom. The summed E-state index contributed by atoms with van der Waals surface area (Å²) in [6.45, 7) is 31.9. The van der Waals surface area contributed by atoms with Crippen molar-refractivity contribution < 1.29 is 29.7 Å². The molecule has 0 aromatic carbocycles. The molecule has 238 valence electrons. The quantitative estimate of drug-likeness (QED) is 0.213. The van der Waals surface area contributed by atoms with Crippen molar-refractivity contribution in [2.45, 2.75) is 103 Å². The fourth-order valence-corrected chi connectivity index (χ4v) is 8.29. The zero-order valence-electron chi connectivity index (χ0n) is 28.1. The van der Waals surface area contributed by atoms with Crippen molar-refractivity contribution >= 4 is 33.7 Å². The Kier molecular flexibility index (Phi) is 17.2. The molecule has 4 aliphatic carbocycles. The molecule has 0 radical (unpaired) electrons. The first-order chi connectivity index (χ1) is 17.9. The molecule has 8 atom stereocenters. The van der Waals surface area contributed by atoms with Crippen LogP contribution in [0.25, 0.3) is 0 Å². The van der Waals surface area contributed by atoms with Gasteiger partial charge < -0.3 is 37.6 Å². The van der Waals surface area contributed by atoms with Gasteiger partial charge in [-0.1, -0.05) is 103 Å². The summed E-state index contributed by atoms with van der Waals surface area (Å²) in [6.07, 6.45) is 20.9. The summed E-state index contributed by atoms with van der Waals surface area (Å²) in [5, 5.41) is 0.575. The zero-order chi connectivity index (χ0) is 29.8. The molecule has 2 fully saturated rings. The van der Waals surface area contributed by atoms with Gasteiger partial charge in [0.1, 0.15) is 0 Å². The van der Waals surface area contributed by atoms with Gasteiger partial charge in [-0.3, -0.25) is 0 Å². The van der Waals surface area contributed by atoms with Crippen LogP contribution in [0.2, 0.25) is 36.3 Å². The predicted octanol–water partition coefficient (Wildman–Crippen LogP) is 11.5. The summed E-state index contributed by atoms with van der Waals surface area (Å²) in [5.74, 6) is 3.28. The third-order valence-electron chi connectivity index (χ3n) is 9.97. The van der Waals surface area contributed by atoms with E-state index in [1.54, 1.807) is 0 Å². The van der Waals surface area contributed by atoms with E-state index in [1.165, 1.54) is 0 Å². The number of fused-ring (bicyclic) bond motifs is 2. The minimum atomic E-state index is -1.66. The second-order valence-corrected chi connectivity index (χ2v) is 28.0. The Morgan fingerprint density at radius 3 is 1.10 bits per heavy atom. The van der Waals surface area contributed by atoms with Gasteiger partial charge in [0, 0.05) is 24.0 Å². The predicted molar refractivity (Wildman–Crippen MR) is 186 cm³/mol. The molecule has 0 aromatic heterocycles. The maximum atomic E-state index is 6.62. The standard InChI is InChI=1S/2C16H27OSi.2CH3.2ClH.Zr/c2*1-12-11-15(14-10-8-7-9-13(12)14)17-18(5,6)16(2,3)4;;;;;/h2*7-10,12-15H,1,11H2,2-6H3;2*1H3;2*1H;/q4*-1;;;+2/p-2. The van der Waals surface area contributed by atoms with Crippen LogP contribution in [-0.2, 0) is 29.7 Å². The van der Waals surface area contributed by atoms with Crippen molar-refractivity contribution in [2.75, 3.05) is 0 Å². The zero-order valence-corrected chi connectivity index (χ0v) is 34.1. The van der Waals surface area contributed by atoms with Crippen molar-refractivity contribution in [3.05, 3.63) is 77.3 Å². The first kappa shape index (κ1) is 41.8. The fraction of sp³-hybridized carbons (Fsp3) is 0.647. The van der Waals surface area contributed by atoms with Crippen molar-refractivity contribution in [3.8, 4) is 0 Å². The minimum absolute atomic E-state index is 0. The van der Waals surface area contributed by atoms with Gasteiger partial charge in [0.05, 0.1) is 0 Å². The molecule has 4 rings (SSSR count). The second kappa shape index (κ2) is 16.9. The van der Waals surface area contributed by atoms with E-state index >= 15 is 0 Å². The van der Waals surface area contributed by atoms with E-state index in [9.17, 15) is 0 Å². The van der Waals surface area contributed by atoms with Gasteiger partial charge in [-0.15, -0.1) is 0 Å². The molecule has 2 saturated carbocycles. The molecule has 41 heavy (non-hydrogen) atoms. The average Bonchev–Trinajstić information content (AvgIpc) is 3.29. The van der Waals surface area contributed by atoms with Crippen LogP contribution in [0.3, 0.4) is 0 Å². The third-order valence-corrected chi connectivity index (χ3v) is 19.0. The van der Waals surface area contributed by atoms with Gasteiger partial charge in [-0.25, -0.2) is 0 Å². The Balaban J connectivity index is 0.000000682. The Hall–Kier alpha value is 0.777. The summed E-state index contributed by atoms with van der Waals surface area (Å²) in [6, 6.07) is 0. The van der Waals surface area contributed by atoms with Gasteiger partial charge in [0.25, 0.3) is 0 Å². The molecule has 0 aliphatic heterocycles. The molecule has 2 nitrogen and oxygen atoms in total. The maximum absolute atomic E-state index is 6.62. The molecule has 4 aliphatic rings. The Bertz CT molecular complexity index is 829. The molecule has 0 saturated heterocycles. The molecule has 0 heterocycles. The SMILES string of the molecule is [CH2-]C1CC(O[Si](C)(C)C(C)(C)C)C2C=CC=CC12.[CH2-]C1CC(O[Si](C)(C)C(C)(C)C)C2C=CC=CC12.[CH3-].[CH3-].[Cl][Zr][Cl]. The van der Waals surface area contributed by atoms with Gasteiger partial charge in [0.15, 0.2) is 16.6 Å². The molecule has 0 amide bonds. The molecule has 8 unspecified atom stereocenters. The molecule has 0 aromatic rings. The third kappa shape index (κ3) is 11.0. The monoisotopic (exact) mass is 716 g/mol. The number of rotatable bonds is 4. The summed E-state index contributed by atoms with van der Waals surface area (Å²) in [4.78, 5) is 0. The van der Waals surface area contributed by atoms with Crippen LogP contribution in [0.15, 0.2) is 48.6 Å². The molecule has 0 spiro atoms. The van der Waals surface area contributed by atoms with Crippen LogP contribution in [0.5, 0.6) is 0 Å². The molecule has 7 heteroatoms. The number of allylic oxidation sites excluding steroid dienone is 6. The van der Waals surface area contributed by atoms with E-state index in [2.05, 4.69) is 130 Å². The Labute approximate surface area is 277 Å². The number of hydrogen-bond acceptors (Lipinski definition) is 2. The number of halogens is 2. The fourth-order valence-electron chi connectivity index (χ4n) is 5.56. The topological polar surface area (TPSA) is 18.5 Å². The van der Waals surface area contributed by atoms with Crippen molar-refractivity contribution in [1.82, 2.24) is 0 Å². The first-order valence-electron chi connectivity index (χ1n) is 14.5. The van der Waals surface area contributed by atoms with Crippen LogP contribution in [0.1, 0.15) is 54.4 Å². The van der Waals surface area contributed by atoms with Crippen LogP contribution in [-0.4, -0.2) is 28.8 Å². The van der Waals surface area contributed by atoms with Crippen LogP contribution < -0.4 is 0 Å². The van der Waals surface area contributed by atoms with Crippen molar-refractivity contribution in [1.29, 1.82) is 0 Å². The molecular weight excluding hydrogens is 659 g/mol. The summed E-state index contributed by atoms with van der Waals surface area (Å²) in [5.41, 5.74) is 0. The summed E-state index contributed by atoms with van der Waals surface area (Å²) in [7, 11) is 6.54. The average molecular weight is 719 g/mol. The van der Waals surface area contributed by atoms with Gasteiger partial charge in [-0.2, -0.15) is 11.8 Å². The van der Waals surface area contributed by atoms with Crippen LogP contribution in [0.4, 0.5) is 0 Å². The Morgan fingerprint density at radius 1 is 0.610 bits per heavy atom. The van der Waals surface area contributed by atoms with Gasteiger partial charge in [0.2, 0.25) is 0 Å². The molecule has 0 bridgehead atoms. The van der Waals surface area contributed by atoms with Gasteiger partial charge in [-0.05, 0) is 48.1 Å². The van der Waals surface area contributed by atoms with Crippen LogP contribution in [0, 0.1) is 64.2 Å².